The van der Waals surface area contributed by atoms with E-state index < -0.39 is 22.4 Å². The third kappa shape index (κ3) is 3.14. The van der Waals surface area contributed by atoms with Crippen molar-refractivity contribution < 1.29 is 22.9 Å². The summed E-state index contributed by atoms with van der Waals surface area (Å²) >= 11 is 0. The van der Waals surface area contributed by atoms with Gasteiger partial charge in [0.1, 0.15) is 11.3 Å². The van der Waals surface area contributed by atoms with Crippen molar-refractivity contribution in [2.75, 3.05) is 18.0 Å². The van der Waals surface area contributed by atoms with Crippen LogP contribution in [0.3, 0.4) is 0 Å². The largest absolute Gasteiger partial charge is 0.423 e. The molecule has 1 aliphatic heterocycles. The van der Waals surface area contributed by atoms with Crippen molar-refractivity contribution in [3.8, 4) is 0 Å². The van der Waals surface area contributed by atoms with E-state index in [2.05, 4.69) is 0 Å². The number of rotatable bonds is 2. The van der Waals surface area contributed by atoms with E-state index in [0.717, 1.165) is 12.1 Å². The van der Waals surface area contributed by atoms with Crippen molar-refractivity contribution in [2.45, 2.75) is 19.5 Å². The molecule has 1 unspecified atom stereocenters. The molecule has 1 aromatic carbocycles. The second-order valence-corrected chi connectivity index (χ2v) is 5.02. The first-order valence-corrected chi connectivity index (χ1v) is 6.33. The van der Waals surface area contributed by atoms with Crippen molar-refractivity contribution in [3.63, 3.8) is 0 Å². The van der Waals surface area contributed by atoms with Gasteiger partial charge in [0.15, 0.2) is 0 Å². The number of hydrogen-bond acceptors (Lipinski definition) is 4. The highest BCUT2D eigenvalue weighted by atomic mass is 19.4. The van der Waals surface area contributed by atoms with E-state index in [-0.39, 0.29) is 23.8 Å². The van der Waals surface area contributed by atoms with Crippen LogP contribution in [0.25, 0.3) is 0 Å². The van der Waals surface area contributed by atoms with Crippen molar-refractivity contribution in [1.29, 1.82) is 0 Å². The number of carbonyl (C=O) groups excluding carboxylic acids is 1. The van der Waals surface area contributed by atoms with Crippen LogP contribution in [-0.4, -0.2) is 23.8 Å². The predicted octanol–water partition coefficient (Wildman–Crippen LogP) is 3.03. The third-order valence-corrected chi connectivity index (χ3v) is 3.52. The number of carbonyl (C=O) groups is 1. The van der Waals surface area contributed by atoms with Gasteiger partial charge in [-0.1, -0.05) is 6.92 Å². The van der Waals surface area contributed by atoms with Crippen LogP contribution in [0.2, 0.25) is 0 Å². The lowest BCUT2D eigenvalue weighted by Gasteiger charge is -2.32. The van der Waals surface area contributed by atoms with E-state index in [9.17, 15) is 28.1 Å². The molecule has 21 heavy (non-hydrogen) atoms. The van der Waals surface area contributed by atoms with Gasteiger partial charge in [-0.25, -0.2) is 0 Å². The zero-order valence-corrected chi connectivity index (χ0v) is 11.2. The summed E-state index contributed by atoms with van der Waals surface area (Å²) in [6, 6.07) is 2.93. The van der Waals surface area contributed by atoms with Gasteiger partial charge in [-0.2, -0.15) is 13.2 Å². The maximum atomic E-state index is 12.9. The molecular weight excluding hydrogens is 289 g/mol. The van der Waals surface area contributed by atoms with E-state index in [1.54, 1.807) is 11.8 Å². The Morgan fingerprint density at radius 1 is 1.38 bits per heavy atom. The first-order valence-electron chi connectivity index (χ1n) is 6.33. The van der Waals surface area contributed by atoms with Gasteiger partial charge in [0.2, 0.25) is 0 Å². The lowest BCUT2D eigenvalue weighted by Crippen LogP contribution is -2.39. The standard InChI is InChI=1S/C13H13F3N2O3/c1-8-7-17(5-4-12(8)19)9-2-3-11(18(20)21)10(6-9)13(14,15)16/h2-3,6,8H,4-5,7H2,1H3. The molecule has 1 fully saturated rings. The van der Waals surface area contributed by atoms with Gasteiger partial charge in [0, 0.05) is 37.2 Å². The van der Waals surface area contributed by atoms with Crippen LogP contribution >= 0.6 is 0 Å². The van der Waals surface area contributed by atoms with Crippen LogP contribution in [0.4, 0.5) is 24.5 Å². The molecule has 0 saturated carbocycles. The highest BCUT2D eigenvalue weighted by Gasteiger charge is 2.39. The average molecular weight is 302 g/mol. The molecule has 0 spiro atoms. The number of hydrogen-bond donors (Lipinski definition) is 0. The number of nitro benzene ring substituents is 1. The minimum atomic E-state index is -4.80. The fourth-order valence-electron chi connectivity index (χ4n) is 2.36. The van der Waals surface area contributed by atoms with Gasteiger partial charge in [-0.05, 0) is 12.1 Å². The Morgan fingerprint density at radius 2 is 2.05 bits per heavy atom. The smallest absolute Gasteiger partial charge is 0.370 e. The maximum Gasteiger partial charge on any atom is 0.423 e. The number of halogens is 3. The van der Waals surface area contributed by atoms with E-state index in [1.807, 2.05) is 0 Å². The maximum absolute atomic E-state index is 12.9. The van der Waals surface area contributed by atoms with Gasteiger partial charge in [-0.15, -0.1) is 0 Å². The molecule has 1 heterocycles. The first kappa shape index (κ1) is 15.3. The van der Waals surface area contributed by atoms with E-state index in [1.165, 1.54) is 6.07 Å². The monoisotopic (exact) mass is 302 g/mol. The molecule has 114 valence electrons. The summed E-state index contributed by atoms with van der Waals surface area (Å²) in [5.41, 5.74) is -1.99. The van der Waals surface area contributed by atoms with Crippen LogP contribution in [0.15, 0.2) is 18.2 Å². The molecule has 5 nitrogen and oxygen atoms in total. The van der Waals surface area contributed by atoms with Crippen LogP contribution in [-0.2, 0) is 11.0 Å². The highest BCUT2D eigenvalue weighted by molar-refractivity contribution is 5.83. The highest BCUT2D eigenvalue weighted by Crippen LogP contribution is 2.38. The summed E-state index contributed by atoms with van der Waals surface area (Å²) in [7, 11) is 0. The van der Waals surface area contributed by atoms with Crippen LogP contribution in [0.1, 0.15) is 18.9 Å². The zero-order chi connectivity index (χ0) is 15.8. The number of ketones is 1. The topological polar surface area (TPSA) is 63.4 Å². The fourth-order valence-corrected chi connectivity index (χ4v) is 2.36. The molecule has 1 saturated heterocycles. The molecular formula is C13H13F3N2O3. The predicted molar refractivity (Wildman–Crippen MR) is 69.1 cm³/mol. The van der Waals surface area contributed by atoms with Crippen molar-refractivity contribution >= 4 is 17.2 Å². The summed E-state index contributed by atoms with van der Waals surface area (Å²) in [5, 5.41) is 10.7. The molecule has 0 radical (unpaired) electrons. The van der Waals surface area contributed by atoms with Gasteiger partial charge in [0.25, 0.3) is 5.69 Å². The minimum Gasteiger partial charge on any atom is -0.370 e. The van der Waals surface area contributed by atoms with Gasteiger partial charge < -0.3 is 4.90 Å². The fraction of sp³-hybridized carbons (Fsp3) is 0.462. The number of alkyl halides is 3. The van der Waals surface area contributed by atoms with Gasteiger partial charge in [-0.3, -0.25) is 14.9 Å². The number of Topliss-reactive ketones (excluding diaryl/α,β-unsaturated/α-hetero) is 1. The first-order chi connectivity index (χ1) is 9.70. The molecule has 0 N–H and O–H groups in total. The molecule has 2 rings (SSSR count). The summed E-state index contributed by atoms with van der Waals surface area (Å²) in [6.07, 6.45) is -4.53. The number of nitrogens with zero attached hydrogens (tertiary/aromatic N) is 2. The number of benzene rings is 1. The Kier molecular flexibility index (Phi) is 3.89. The lowest BCUT2D eigenvalue weighted by molar-refractivity contribution is -0.388. The molecule has 0 aliphatic carbocycles. The zero-order valence-electron chi connectivity index (χ0n) is 11.2. The van der Waals surface area contributed by atoms with E-state index in [0.29, 0.717) is 13.1 Å². The second-order valence-electron chi connectivity index (χ2n) is 5.02. The van der Waals surface area contributed by atoms with Crippen LogP contribution in [0, 0.1) is 16.0 Å². The molecule has 0 bridgehead atoms. The SMILES string of the molecule is CC1CN(c2ccc([N+](=O)[O-])c(C(F)(F)F)c2)CCC1=O. The van der Waals surface area contributed by atoms with Gasteiger partial charge in [0.05, 0.1) is 4.92 Å². The third-order valence-electron chi connectivity index (χ3n) is 3.52. The summed E-state index contributed by atoms with van der Waals surface area (Å²) in [4.78, 5) is 22.7. The number of anilines is 1. The Bertz CT molecular complexity index is 587. The second kappa shape index (κ2) is 5.34. The van der Waals surface area contributed by atoms with Crippen molar-refractivity contribution in [3.05, 3.63) is 33.9 Å². The van der Waals surface area contributed by atoms with Crippen molar-refractivity contribution in [1.82, 2.24) is 0 Å². The molecule has 1 aromatic rings. The Morgan fingerprint density at radius 3 is 2.57 bits per heavy atom. The normalized spacial score (nSPS) is 19.7. The number of nitro groups is 1. The Hall–Kier alpha value is -2.12. The van der Waals surface area contributed by atoms with E-state index >= 15 is 0 Å². The molecule has 1 atom stereocenters. The van der Waals surface area contributed by atoms with Crippen LogP contribution < -0.4 is 4.90 Å². The van der Waals surface area contributed by atoms with Crippen LogP contribution in [0.5, 0.6) is 0 Å². The van der Waals surface area contributed by atoms with Gasteiger partial charge >= 0.3 is 6.18 Å². The molecule has 1 aliphatic rings. The molecule has 0 aromatic heterocycles. The molecule has 0 amide bonds. The average Bonchev–Trinajstić information content (AvgIpc) is 2.40. The minimum absolute atomic E-state index is 0.0733. The summed E-state index contributed by atoms with van der Waals surface area (Å²) in [5.74, 6) is -0.188. The Balaban J connectivity index is 2.38. The Labute approximate surface area is 118 Å². The molecule has 8 heteroatoms. The quantitative estimate of drug-likeness (QED) is 0.622. The summed E-state index contributed by atoms with van der Waals surface area (Å²) < 4.78 is 38.8. The lowest BCUT2D eigenvalue weighted by atomic mass is 9.97. The van der Waals surface area contributed by atoms with E-state index in [4.69, 9.17) is 0 Å². The number of piperidine rings is 1. The van der Waals surface area contributed by atoms with Crippen molar-refractivity contribution in [2.24, 2.45) is 5.92 Å². The summed E-state index contributed by atoms with van der Waals surface area (Å²) in [6.45, 7) is 2.34.